The zero-order chi connectivity index (χ0) is 13.8. The average molecular weight is 342 g/mol. The van der Waals surface area contributed by atoms with Gasteiger partial charge in [0.15, 0.2) is 0 Å². The minimum absolute atomic E-state index is 0.00744. The van der Waals surface area contributed by atoms with Gasteiger partial charge in [0.1, 0.15) is 10.7 Å². The number of nitrogens with one attached hydrogen (secondary N) is 1. The average Bonchev–Trinajstić information content (AvgIpc) is 2.78. The predicted octanol–water partition coefficient (Wildman–Crippen LogP) is 4.01. The molecule has 1 aromatic heterocycles. The van der Waals surface area contributed by atoms with Gasteiger partial charge in [-0.1, -0.05) is 12.1 Å². The predicted molar refractivity (Wildman–Crippen MR) is 79.1 cm³/mol. The smallest absolute Gasteiger partial charge is 0.262 e. The largest absolute Gasteiger partial charge is 0.349 e. The molecule has 0 saturated carbocycles. The Kier molecular flexibility index (Phi) is 4.71. The first-order valence-corrected chi connectivity index (χ1v) is 7.52. The number of carbonyl (C=O) groups excluding carboxylic acids is 1. The topological polar surface area (TPSA) is 29.1 Å². The van der Waals surface area contributed by atoms with Crippen molar-refractivity contribution in [3.05, 3.63) is 56.4 Å². The SMILES string of the molecule is CC(Cc1ccc(F)cc1)NC(=O)c1sccc1Br. The molecule has 0 radical (unpaired) electrons. The molecule has 1 heterocycles. The highest BCUT2D eigenvalue weighted by atomic mass is 79.9. The van der Waals surface area contributed by atoms with Crippen LogP contribution in [0.15, 0.2) is 40.2 Å². The molecular formula is C14H13BrFNOS. The minimum atomic E-state index is -0.247. The molecule has 1 unspecified atom stereocenters. The van der Waals surface area contributed by atoms with Gasteiger partial charge >= 0.3 is 0 Å². The third-order valence-electron chi connectivity index (χ3n) is 2.66. The molecular weight excluding hydrogens is 329 g/mol. The Morgan fingerprint density at radius 2 is 2.05 bits per heavy atom. The fourth-order valence-corrected chi connectivity index (χ4v) is 3.22. The van der Waals surface area contributed by atoms with Crippen molar-refractivity contribution in [2.75, 3.05) is 0 Å². The normalized spacial score (nSPS) is 12.2. The van der Waals surface area contributed by atoms with Crippen LogP contribution in [0.2, 0.25) is 0 Å². The van der Waals surface area contributed by atoms with Crippen LogP contribution in [0.25, 0.3) is 0 Å². The highest BCUT2D eigenvalue weighted by Gasteiger charge is 2.14. The maximum atomic E-state index is 12.8. The Balaban J connectivity index is 1.94. The molecule has 0 spiro atoms. The van der Waals surface area contributed by atoms with E-state index in [2.05, 4.69) is 21.2 Å². The summed E-state index contributed by atoms with van der Waals surface area (Å²) >= 11 is 4.74. The maximum absolute atomic E-state index is 12.8. The van der Waals surface area contributed by atoms with Crippen molar-refractivity contribution in [2.45, 2.75) is 19.4 Å². The Bertz CT molecular complexity index is 567. The third kappa shape index (κ3) is 3.88. The number of amides is 1. The molecule has 0 fully saturated rings. The van der Waals surface area contributed by atoms with Crippen molar-refractivity contribution in [3.63, 3.8) is 0 Å². The van der Waals surface area contributed by atoms with Crippen LogP contribution in [0.3, 0.4) is 0 Å². The van der Waals surface area contributed by atoms with Gasteiger partial charge in [0, 0.05) is 10.5 Å². The monoisotopic (exact) mass is 341 g/mol. The molecule has 2 aromatic rings. The van der Waals surface area contributed by atoms with Gasteiger partial charge in [0.25, 0.3) is 5.91 Å². The quantitative estimate of drug-likeness (QED) is 0.894. The van der Waals surface area contributed by atoms with E-state index in [1.807, 2.05) is 18.4 Å². The number of rotatable bonds is 4. The van der Waals surface area contributed by atoms with Gasteiger partial charge in [0.05, 0.1) is 0 Å². The number of thiophene rings is 1. The summed E-state index contributed by atoms with van der Waals surface area (Å²) in [6, 6.07) is 8.17. The first-order valence-electron chi connectivity index (χ1n) is 5.84. The maximum Gasteiger partial charge on any atom is 0.262 e. The molecule has 5 heteroatoms. The molecule has 0 bridgehead atoms. The molecule has 2 rings (SSSR count). The molecule has 0 aliphatic heterocycles. The standard InChI is InChI=1S/C14H13BrFNOS/c1-9(8-10-2-4-11(16)5-3-10)17-14(18)13-12(15)6-7-19-13/h2-7,9H,8H2,1H3,(H,17,18). The van der Waals surface area contributed by atoms with Crippen LogP contribution in [-0.4, -0.2) is 11.9 Å². The summed E-state index contributed by atoms with van der Waals surface area (Å²) in [7, 11) is 0. The van der Waals surface area contributed by atoms with Gasteiger partial charge < -0.3 is 5.32 Å². The lowest BCUT2D eigenvalue weighted by Crippen LogP contribution is -2.33. The second-order valence-electron chi connectivity index (χ2n) is 4.30. The molecule has 19 heavy (non-hydrogen) atoms. The molecule has 2 nitrogen and oxygen atoms in total. The lowest BCUT2D eigenvalue weighted by atomic mass is 10.1. The molecule has 1 aromatic carbocycles. The van der Waals surface area contributed by atoms with Crippen LogP contribution >= 0.6 is 27.3 Å². The number of halogens is 2. The summed E-state index contributed by atoms with van der Waals surface area (Å²) in [6.45, 7) is 1.93. The van der Waals surface area contributed by atoms with Gasteiger partial charge in [-0.3, -0.25) is 4.79 Å². The molecule has 0 aliphatic rings. The fraction of sp³-hybridized carbons (Fsp3) is 0.214. The first kappa shape index (κ1) is 14.2. The van der Waals surface area contributed by atoms with E-state index in [9.17, 15) is 9.18 Å². The lowest BCUT2D eigenvalue weighted by Gasteiger charge is -2.13. The van der Waals surface area contributed by atoms with Crippen molar-refractivity contribution >= 4 is 33.2 Å². The van der Waals surface area contributed by atoms with Gasteiger partial charge in [-0.2, -0.15) is 0 Å². The van der Waals surface area contributed by atoms with Crippen LogP contribution in [-0.2, 0) is 6.42 Å². The van der Waals surface area contributed by atoms with Gasteiger partial charge in [-0.15, -0.1) is 11.3 Å². The van der Waals surface area contributed by atoms with E-state index in [-0.39, 0.29) is 17.8 Å². The summed E-state index contributed by atoms with van der Waals surface area (Å²) in [4.78, 5) is 12.7. The molecule has 1 amide bonds. The zero-order valence-corrected chi connectivity index (χ0v) is 12.7. The molecule has 1 atom stereocenters. The van der Waals surface area contributed by atoms with Gasteiger partial charge in [-0.05, 0) is 58.4 Å². The Morgan fingerprint density at radius 3 is 2.63 bits per heavy atom. The van der Waals surface area contributed by atoms with E-state index < -0.39 is 0 Å². The lowest BCUT2D eigenvalue weighted by molar-refractivity contribution is 0.0943. The number of benzene rings is 1. The summed E-state index contributed by atoms with van der Waals surface area (Å²) < 4.78 is 13.6. The number of carbonyl (C=O) groups is 1. The number of hydrogen-bond donors (Lipinski definition) is 1. The van der Waals surface area contributed by atoms with E-state index in [0.717, 1.165) is 10.0 Å². The van der Waals surface area contributed by atoms with Crippen LogP contribution in [0.1, 0.15) is 22.2 Å². The van der Waals surface area contributed by atoms with E-state index in [1.54, 1.807) is 12.1 Å². The summed E-state index contributed by atoms with van der Waals surface area (Å²) in [6.07, 6.45) is 0.676. The van der Waals surface area contributed by atoms with E-state index in [4.69, 9.17) is 0 Å². The van der Waals surface area contributed by atoms with Gasteiger partial charge in [0.2, 0.25) is 0 Å². The van der Waals surface area contributed by atoms with E-state index in [0.29, 0.717) is 11.3 Å². The molecule has 0 aliphatic carbocycles. The van der Waals surface area contributed by atoms with Crippen molar-refractivity contribution in [1.82, 2.24) is 5.32 Å². The van der Waals surface area contributed by atoms with E-state index in [1.165, 1.54) is 23.5 Å². The zero-order valence-electron chi connectivity index (χ0n) is 10.3. The van der Waals surface area contributed by atoms with Crippen molar-refractivity contribution < 1.29 is 9.18 Å². The molecule has 100 valence electrons. The summed E-state index contributed by atoms with van der Waals surface area (Å²) in [5, 5.41) is 4.80. The fourth-order valence-electron chi connectivity index (χ4n) is 1.77. The van der Waals surface area contributed by atoms with Crippen LogP contribution in [0.5, 0.6) is 0 Å². The highest BCUT2D eigenvalue weighted by molar-refractivity contribution is 9.10. The van der Waals surface area contributed by atoms with Crippen LogP contribution < -0.4 is 5.32 Å². The van der Waals surface area contributed by atoms with Crippen LogP contribution in [0, 0.1) is 5.82 Å². The van der Waals surface area contributed by atoms with Gasteiger partial charge in [-0.25, -0.2) is 4.39 Å². The Hall–Kier alpha value is -1.20. The van der Waals surface area contributed by atoms with Crippen molar-refractivity contribution in [1.29, 1.82) is 0 Å². The number of hydrogen-bond acceptors (Lipinski definition) is 2. The Morgan fingerprint density at radius 1 is 1.37 bits per heavy atom. The third-order valence-corrected chi connectivity index (χ3v) is 4.49. The highest BCUT2D eigenvalue weighted by Crippen LogP contribution is 2.22. The second kappa shape index (κ2) is 6.30. The minimum Gasteiger partial charge on any atom is -0.349 e. The molecule has 0 saturated heterocycles. The first-order chi connectivity index (χ1) is 9.06. The summed E-state index contributed by atoms with van der Waals surface area (Å²) in [5.41, 5.74) is 0.999. The summed E-state index contributed by atoms with van der Waals surface area (Å²) in [5.74, 6) is -0.334. The van der Waals surface area contributed by atoms with Crippen molar-refractivity contribution in [3.8, 4) is 0 Å². The Labute approximate surface area is 123 Å². The van der Waals surface area contributed by atoms with E-state index >= 15 is 0 Å². The molecule has 1 N–H and O–H groups in total. The second-order valence-corrected chi connectivity index (χ2v) is 6.07. The van der Waals surface area contributed by atoms with Crippen LogP contribution in [0.4, 0.5) is 4.39 Å². The van der Waals surface area contributed by atoms with Crippen molar-refractivity contribution in [2.24, 2.45) is 0 Å².